The van der Waals surface area contributed by atoms with Crippen molar-refractivity contribution in [1.29, 1.82) is 0 Å². The number of anilines is 1. The van der Waals surface area contributed by atoms with Crippen LogP contribution in [0.2, 0.25) is 0 Å². The quantitative estimate of drug-likeness (QED) is 0.584. The van der Waals surface area contributed by atoms with Crippen LogP contribution in [0.3, 0.4) is 0 Å². The van der Waals surface area contributed by atoms with Crippen LogP contribution in [0.4, 0.5) is 5.69 Å². The zero-order valence-electron chi connectivity index (χ0n) is 7.19. The molecule has 0 heterocycles. The molecule has 0 bridgehead atoms. The zero-order valence-corrected chi connectivity index (χ0v) is 8.00. The van der Waals surface area contributed by atoms with Crippen molar-refractivity contribution in [3.8, 4) is 0 Å². The monoisotopic (exact) mass is 225 g/mol. The summed E-state index contributed by atoms with van der Waals surface area (Å²) in [6.45, 7) is 1.85. The second kappa shape index (κ2) is 5.72. The molecular weight excluding hydrogens is 213 g/mol. The molecule has 0 unspecified atom stereocenters. The molecule has 0 radical (unpaired) electrons. The number of rotatable bonds is 3. The molecule has 1 rings (SSSR count). The van der Waals surface area contributed by atoms with Crippen LogP contribution in [0.1, 0.15) is 5.56 Å². The maximum absolute atomic E-state index is 10.4. The van der Waals surface area contributed by atoms with Gasteiger partial charge < -0.3 is 5.32 Å². The van der Waals surface area contributed by atoms with Gasteiger partial charge in [0.1, 0.15) is 5.88 Å². The van der Waals surface area contributed by atoms with Gasteiger partial charge in [0.25, 0.3) is 10.1 Å². The van der Waals surface area contributed by atoms with Gasteiger partial charge in [-0.25, -0.2) is 0 Å². The molecule has 0 aromatic heterocycles. The first-order valence-corrected chi connectivity index (χ1v) is 5.34. The molecule has 74 valence electrons. The summed E-state index contributed by atoms with van der Waals surface area (Å²) in [7, 11) is -3.95. The van der Waals surface area contributed by atoms with Crippen LogP contribution < -0.4 is 5.32 Å². The Morgan fingerprint density at radius 1 is 1.36 bits per heavy atom. The summed E-state index contributed by atoms with van der Waals surface area (Å²) in [4.78, 5) is 0. The fourth-order valence-corrected chi connectivity index (χ4v) is 1.28. The molecule has 14 heavy (non-hydrogen) atoms. The molecule has 0 aliphatic carbocycles. The normalized spacial score (nSPS) is 10.4. The van der Waals surface area contributed by atoms with E-state index in [1.165, 1.54) is 0 Å². The minimum absolute atomic E-state index is 0. The second-order valence-electron chi connectivity index (χ2n) is 2.72. The topological polar surface area (TPSA) is 66.4 Å². The van der Waals surface area contributed by atoms with Gasteiger partial charge in [0.05, 0.1) is 0 Å². The van der Waals surface area contributed by atoms with Gasteiger partial charge in [-0.15, -0.1) is 0 Å². The Morgan fingerprint density at radius 3 is 2.43 bits per heavy atom. The fraction of sp³-hybridized carbons (Fsp3) is 0.250. The summed E-state index contributed by atoms with van der Waals surface area (Å²) >= 11 is 0. The average Bonchev–Trinajstić information content (AvgIpc) is 2.01. The van der Waals surface area contributed by atoms with Gasteiger partial charge in [-0.2, -0.15) is 8.42 Å². The molecular formula is C8H12NNaO3S. The summed E-state index contributed by atoms with van der Waals surface area (Å²) in [6, 6.07) is 7.25. The number of benzene rings is 1. The SMILES string of the molecule is Cc1ccccc1NCS(=O)(=O)O.[NaH]. The summed E-state index contributed by atoms with van der Waals surface area (Å²) in [5.41, 5.74) is 1.64. The van der Waals surface area contributed by atoms with Crippen molar-refractivity contribution in [3.05, 3.63) is 29.8 Å². The third kappa shape index (κ3) is 4.97. The van der Waals surface area contributed by atoms with E-state index in [1.807, 2.05) is 19.1 Å². The van der Waals surface area contributed by atoms with Crippen LogP contribution in [-0.4, -0.2) is 48.4 Å². The summed E-state index contributed by atoms with van der Waals surface area (Å²) in [6.07, 6.45) is 0. The number of para-hydroxylation sites is 1. The van der Waals surface area contributed by atoms with E-state index in [1.54, 1.807) is 12.1 Å². The van der Waals surface area contributed by atoms with E-state index < -0.39 is 16.0 Å². The fourth-order valence-electron chi connectivity index (χ4n) is 0.940. The van der Waals surface area contributed by atoms with E-state index in [-0.39, 0.29) is 29.6 Å². The van der Waals surface area contributed by atoms with Gasteiger partial charge in [0.15, 0.2) is 0 Å². The van der Waals surface area contributed by atoms with Gasteiger partial charge in [0.2, 0.25) is 0 Å². The van der Waals surface area contributed by atoms with Crippen molar-refractivity contribution in [2.24, 2.45) is 0 Å². The van der Waals surface area contributed by atoms with Crippen molar-refractivity contribution >= 4 is 45.4 Å². The van der Waals surface area contributed by atoms with Gasteiger partial charge in [-0.05, 0) is 18.6 Å². The van der Waals surface area contributed by atoms with Gasteiger partial charge in [-0.3, -0.25) is 4.55 Å². The first-order chi connectivity index (χ1) is 5.99. The average molecular weight is 225 g/mol. The molecule has 1 aromatic carbocycles. The third-order valence-electron chi connectivity index (χ3n) is 1.59. The predicted molar refractivity (Wildman–Crippen MR) is 58.4 cm³/mol. The number of hydrogen-bond acceptors (Lipinski definition) is 3. The van der Waals surface area contributed by atoms with E-state index in [0.29, 0.717) is 5.69 Å². The van der Waals surface area contributed by atoms with E-state index >= 15 is 0 Å². The third-order valence-corrected chi connectivity index (χ3v) is 2.10. The van der Waals surface area contributed by atoms with Crippen molar-refractivity contribution in [2.75, 3.05) is 11.2 Å². The van der Waals surface area contributed by atoms with E-state index in [4.69, 9.17) is 4.55 Å². The second-order valence-corrected chi connectivity index (χ2v) is 4.17. The maximum atomic E-state index is 10.4. The molecule has 6 heteroatoms. The Labute approximate surface area is 106 Å². The Bertz CT molecular complexity index is 391. The molecule has 0 aliphatic rings. The molecule has 4 nitrogen and oxygen atoms in total. The number of aryl methyl sites for hydroxylation is 1. The summed E-state index contributed by atoms with van der Waals surface area (Å²) in [5.74, 6) is -0.460. The Hall–Kier alpha value is -0.0700. The molecule has 0 saturated heterocycles. The molecule has 0 spiro atoms. The van der Waals surface area contributed by atoms with Crippen LogP contribution in [-0.2, 0) is 10.1 Å². The molecule has 0 aliphatic heterocycles. The van der Waals surface area contributed by atoms with Crippen molar-refractivity contribution in [1.82, 2.24) is 0 Å². The van der Waals surface area contributed by atoms with Crippen molar-refractivity contribution in [2.45, 2.75) is 6.92 Å². The number of nitrogens with one attached hydrogen (secondary N) is 1. The van der Waals surface area contributed by atoms with Crippen LogP contribution in [0.15, 0.2) is 24.3 Å². The van der Waals surface area contributed by atoms with Gasteiger partial charge >= 0.3 is 29.6 Å². The standard InChI is InChI=1S/C8H11NO3S.Na.H/c1-7-4-2-3-5-8(7)9-6-13(10,11)12;;/h2-5,9H,6H2,1H3,(H,10,11,12);;. The van der Waals surface area contributed by atoms with E-state index in [0.717, 1.165) is 5.56 Å². The van der Waals surface area contributed by atoms with Gasteiger partial charge in [-0.1, -0.05) is 18.2 Å². The summed E-state index contributed by atoms with van der Waals surface area (Å²) in [5, 5.41) is 2.61. The molecule has 0 fully saturated rings. The zero-order chi connectivity index (χ0) is 9.90. The summed E-state index contributed by atoms with van der Waals surface area (Å²) < 4.78 is 29.3. The molecule has 1 aromatic rings. The Kier molecular flexibility index (Phi) is 5.70. The van der Waals surface area contributed by atoms with Crippen molar-refractivity contribution in [3.63, 3.8) is 0 Å². The predicted octanol–water partition coefficient (Wildman–Crippen LogP) is 0.604. The Balaban J connectivity index is 0.00000169. The first-order valence-electron chi connectivity index (χ1n) is 3.74. The molecule has 0 saturated carbocycles. The van der Waals surface area contributed by atoms with Gasteiger partial charge in [0, 0.05) is 5.69 Å². The molecule has 2 N–H and O–H groups in total. The van der Waals surface area contributed by atoms with Crippen molar-refractivity contribution < 1.29 is 13.0 Å². The Morgan fingerprint density at radius 2 is 1.93 bits per heavy atom. The minimum atomic E-state index is -3.95. The van der Waals surface area contributed by atoms with E-state index in [2.05, 4.69) is 5.32 Å². The molecule has 0 atom stereocenters. The van der Waals surface area contributed by atoms with Crippen LogP contribution in [0, 0.1) is 6.92 Å². The first kappa shape index (κ1) is 13.9. The number of hydrogen-bond donors (Lipinski definition) is 2. The van der Waals surface area contributed by atoms with Crippen LogP contribution in [0.25, 0.3) is 0 Å². The molecule has 0 amide bonds. The van der Waals surface area contributed by atoms with E-state index in [9.17, 15) is 8.42 Å². The van der Waals surface area contributed by atoms with Crippen LogP contribution in [0.5, 0.6) is 0 Å². The van der Waals surface area contributed by atoms with Crippen LogP contribution >= 0.6 is 0 Å².